The van der Waals surface area contributed by atoms with Crippen LogP contribution in [-0.4, -0.2) is 9.78 Å². The van der Waals surface area contributed by atoms with Crippen LogP contribution in [0.4, 0.5) is 0 Å². The van der Waals surface area contributed by atoms with Crippen LogP contribution < -0.4 is 51.4 Å². The quantitative estimate of drug-likeness (QED) is 0.370. The summed E-state index contributed by atoms with van der Waals surface area (Å²) in [5, 5.41) is 5.28. The van der Waals surface area contributed by atoms with Crippen molar-refractivity contribution in [2.75, 3.05) is 0 Å². The number of hydrogen-bond acceptors (Lipinski definition) is 1. The van der Waals surface area contributed by atoms with E-state index in [1.165, 1.54) is 0 Å². The zero-order valence-electron chi connectivity index (χ0n) is 7.41. The summed E-state index contributed by atoms with van der Waals surface area (Å²) in [5.74, 6) is 0. The molecule has 1 aromatic heterocycles. The molecule has 0 fully saturated rings. The van der Waals surface area contributed by atoms with Crippen LogP contribution in [0.3, 0.4) is 0 Å². The predicted octanol–water partition coefficient (Wildman–Crippen LogP) is -1.24. The van der Waals surface area contributed by atoms with Crippen molar-refractivity contribution in [3.63, 3.8) is 0 Å². The van der Waals surface area contributed by atoms with Crippen LogP contribution in [0.1, 0.15) is 5.56 Å². The Morgan fingerprint density at radius 3 is 2.92 bits per heavy atom. The average molecular weight is 184 g/mol. The first-order valence-corrected chi connectivity index (χ1v) is 3.51. The number of rotatable bonds is 0. The smallest absolute Gasteiger partial charge is 0.270 e. The van der Waals surface area contributed by atoms with Crippen LogP contribution in [0.25, 0.3) is 10.9 Å². The van der Waals surface area contributed by atoms with Crippen molar-refractivity contribution in [1.82, 2.24) is 9.78 Å². The van der Waals surface area contributed by atoms with Crippen LogP contribution >= 0.6 is 0 Å². The number of aromatic nitrogens is 2. The zero-order chi connectivity index (χ0) is 7.84. The summed E-state index contributed by atoms with van der Waals surface area (Å²) in [6, 6.07) is 6.05. The molecule has 0 aliphatic carbocycles. The molecule has 56 valence electrons. The molecule has 0 aliphatic heterocycles. The molecule has 2 nitrogen and oxygen atoms in total. The van der Waals surface area contributed by atoms with E-state index in [2.05, 4.69) is 12.0 Å². The fourth-order valence-electron chi connectivity index (χ4n) is 1.21. The van der Waals surface area contributed by atoms with Gasteiger partial charge < -0.3 is 0 Å². The molecule has 2 aromatic rings. The van der Waals surface area contributed by atoms with Gasteiger partial charge in [-0.25, -0.2) is 0 Å². The van der Waals surface area contributed by atoms with Gasteiger partial charge in [0, 0.05) is 18.8 Å². The second-order valence-corrected chi connectivity index (χ2v) is 2.66. The molecule has 2 rings (SSSR count). The van der Waals surface area contributed by atoms with Crippen molar-refractivity contribution < 1.29 is 51.4 Å². The van der Waals surface area contributed by atoms with Crippen molar-refractivity contribution >= 4 is 10.9 Å². The average Bonchev–Trinajstić information content (AvgIpc) is 2.32. The van der Waals surface area contributed by atoms with Gasteiger partial charge in [-0.05, 0) is 5.39 Å². The van der Waals surface area contributed by atoms with Gasteiger partial charge in [-0.2, -0.15) is 29.7 Å². The molecule has 0 unspecified atom stereocenters. The minimum Gasteiger partial charge on any atom is -0.270 e. The minimum atomic E-state index is 0. The van der Waals surface area contributed by atoms with Crippen molar-refractivity contribution in [2.24, 2.45) is 7.05 Å². The third-order valence-corrected chi connectivity index (χ3v) is 1.81. The zero-order valence-corrected chi connectivity index (χ0v) is 10.5. The first-order chi connectivity index (χ1) is 5.27. The molecule has 1 aromatic carbocycles. The van der Waals surface area contributed by atoms with E-state index < -0.39 is 0 Å². The first kappa shape index (κ1) is 10.3. The van der Waals surface area contributed by atoms with Gasteiger partial charge in [-0.1, -0.05) is 6.07 Å². The Morgan fingerprint density at radius 2 is 2.17 bits per heavy atom. The van der Waals surface area contributed by atoms with E-state index in [1.807, 2.05) is 36.1 Å². The Kier molecular flexibility index (Phi) is 3.37. The second kappa shape index (κ2) is 3.94. The van der Waals surface area contributed by atoms with E-state index >= 15 is 0 Å². The Bertz CT molecular complexity index is 392. The molecule has 0 N–H and O–H groups in total. The second-order valence-electron chi connectivity index (χ2n) is 2.66. The maximum absolute atomic E-state index is 4.13. The Hall–Kier alpha value is 0.196. The SMILES string of the molecule is [CH2-]c1ccc2c(cnn2C)c1.[K+]. The van der Waals surface area contributed by atoms with Crippen LogP contribution in [0.5, 0.6) is 0 Å². The molecule has 0 radical (unpaired) electrons. The van der Waals surface area contributed by atoms with Gasteiger partial charge in [-0.15, -0.1) is 0 Å². The molecule has 3 heteroatoms. The molecular formula is C9H9KN2. The maximum atomic E-state index is 4.13. The van der Waals surface area contributed by atoms with Gasteiger partial charge in [0.1, 0.15) is 0 Å². The number of nitrogens with zero attached hydrogens (tertiary/aromatic N) is 2. The van der Waals surface area contributed by atoms with Crippen molar-refractivity contribution in [3.05, 3.63) is 36.9 Å². The van der Waals surface area contributed by atoms with E-state index in [9.17, 15) is 0 Å². The molecule has 12 heavy (non-hydrogen) atoms. The first-order valence-electron chi connectivity index (χ1n) is 3.51. The van der Waals surface area contributed by atoms with Gasteiger partial charge >= 0.3 is 51.4 Å². The van der Waals surface area contributed by atoms with E-state index in [0.717, 1.165) is 16.5 Å². The molecule has 0 atom stereocenters. The molecule has 0 saturated heterocycles. The third-order valence-electron chi connectivity index (χ3n) is 1.81. The number of fused-ring (bicyclic) bond motifs is 1. The molecule has 0 amide bonds. The summed E-state index contributed by atoms with van der Waals surface area (Å²) in [5.41, 5.74) is 2.18. The fourth-order valence-corrected chi connectivity index (χ4v) is 1.21. The van der Waals surface area contributed by atoms with Crippen molar-refractivity contribution in [2.45, 2.75) is 0 Å². The summed E-state index contributed by atoms with van der Waals surface area (Å²) < 4.78 is 1.86. The number of benzene rings is 1. The topological polar surface area (TPSA) is 17.8 Å². The van der Waals surface area contributed by atoms with E-state index in [0.29, 0.717) is 0 Å². The maximum Gasteiger partial charge on any atom is 1.00 e. The third kappa shape index (κ3) is 1.75. The summed E-state index contributed by atoms with van der Waals surface area (Å²) in [6.45, 7) is 3.84. The van der Waals surface area contributed by atoms with Crippen LogP contribution in [0, 0.1) is 6.92 Å². The summed E-state index contributed by atoms with van der Waals surface area (Å²) >= 11 is 0. The monoisotopic (exact) mass is 184 g/mol. The fraction of sp³-hybridized carbons (Fsp3) is 0.111. The van der Waals surface area contributed by atoms with E-state index in [1.54, 1.807) is 0 Å². The van der Waals surface area contributed by atoms with Gasteiger partial charge in [0.05, 0.1) is 0 Å². The number of aryl methyl sites for hydroxylation is 1. The van der Waals surface area contributed by atoms with Crippen LogP contribution in [0.15, 0.2) is 24.4 Å². The van der Waals surface area contributed by atoms with Gasteiger partial charge in [0.25, 0.3) is 0 Å². The minimum absolute atomic E-state index is 0. The standard InChI is InChI=1S/C9H9N2.K/c1-7-3-4-9-8(5-7)6-10-11(9)2;/h3-6H,1H2,2H3;/q-1;+1. The molecule has 0 aliphatic rings. The van der Waals surface area contributed by atoms with E-state index in [4.69, 9.17) is 0 Å². The van der Waals surface area contributed by atoms with Gasteiger partial charge in [0.2, 0.25) is 0 Å². The van der Waals surface area contributed by atoms with Crippen LogP contribution in [-0.2, 0) is 7.05 Å². The Morgan fingerprint density at radius 1 is 1.42 bits per heavy atom. The van der Waals surface area contributed by atoms with Crippen molar-refractivity contribution in [3.8, 4) is 0 Å². The van der Waals surface area contributed by atoms with Gasteiger partial charge in [-0.3, -0.25) is 4.68 Å². The predicted molar refractivity (Wildman–Crippen MR) is 45.2 cm³/mol. The Balaban J connectivity index is 0.000000720. The van der Waals surface area contributed by atoms with Crippen molar-refractivity contribution in [1.29, 1.82) is 0 Å². The largest absolute Gasteiger partial charge is 1.00 e. The Labute approximate surface area is 114 Å². The van der Waals surface area contributed by atoms with Gasteiger partial charge in [0.15, 0.2) is 0 Å². The summed E-state index contributed by atoms with van der Waals surface area (Å²) in [4.78, 5) is 0. The molecule has 1 heterocycles. The molecule has 0 spiro atoms. The normalized spacial score (nSPS) is 9.75. The molecule has 0 bridgehead atoms. The van der Waals surface area contributed by atoms with E-state index in [-0.39, 0.29) is 51.4 Å². The summed E-state index contributed by atoms with van der Waals surface area (Å²) in [7, 11) is 1.94. The summed E-state index contributed by atoms with van der Waals surface area (Å²) in [6.07, 6.45) is 1.85. The van der Waals surface area contributed by atoms with Crippen LogP contribution in [0.2, 0.25) is 0 Å². The molecule has 0 saturated carbocycles. The number of hydrogen-bond donors (Lipinski definition) is 0. The molecular weight excluding hydrogens is 175 g/mol.